The second-order valence-corrected chi connectivity index (χ2v) is 2.75. The Bertz CT molecular complexity index is 258. The van der Waals surface area contributed by atoms with E-state index in [9.17, 15) is 5.11 Å². The van der Waals surface area contributed by atoms with Gasteiger partial charge in [-0.25, -0.2) is 0 Å². The summed E-state index contributed by atoms with van der Waals surface area (Å²) in [5.74, 6) is 2.44. The van der Waals surface area contributed by atoms with Gasteiger partial charge in [0.1, 0.15) is 0 Å². The van der Waals surface area contributed by atoms with Crippen LogP contribution in [0.3, 0.4) is 0 Å². The van der Waals surface area contributed by atoms with Gasteiger partial charge in [-0.05, 0) is 12.0 Å². The Morgan fingerprint density at radius 3 is 2.58 bits per heavy atom. The fraction of sp³-hybridized carbons (Fsp3) is 0.273. The van der Waals surface area contributed by atoms with Crippen LogP contribution in [0.4, 0.5) is 0 Å². The molecule has 1 aromatic carbocycles. The lowest BCUT2D eigenvalue weighted by Crippen LogP contribution is -2.08. The first-order chi connectivity index (χ1) is 5.83. The van der Waals surface area contributed by atoms with E-state index in [-0.39, 0.29) is 0 Å². The Morgan fingerprint density at radius 2 is 2.00 bits per heavy atom. The van der Waals surface area contributed by atoms with E-state index in [4.69, 9.17) is 6.42 Å². The summed E-state index contributed by atoms with van der Waals surface area (Å²) in [4.78, 5) is 0. The van der Waals surface area contributed by atoms with Crippen LogP contribution in [-0.2, 0) is 6.42 Å². The average molecular weight is 160 g/mol. The van der Waals surface area contributed by atoms with Crippen molar-refractivity contribution in [1.82, 2.24) is 0 Å². The summed E-state index contributed by atoms with van der Waals surface area (Å²) in [6, 6.07) is 9.84. The third-order valence-corrected chi connectivity index (χ3v) is 1.67. The molecule has 0 aliphatic carbocycles. The summed E-state index contributed by atoms with van der Waals surface area (Å²) < 4.78 is 0. The van der Waals surface area contributed by atoms with Crippen molar-refractivity contribution in [2.45, 2.75) is 18.9 Å². The third-order valence-electron chi connectivity index (χ3n) is 1.67. The van der Waals surface area contributed by atoms with Gasteiger partial charge in [-0.3, -0.25) is 0 Å². The predicted octanol–water partition coefficient (Wildman–Crippen LogP) is 1.61. The van der Waals surface area contributed by atoms with Gasteiger partial charge in [0.05, 0.1) is 6.10 Å². The summed E-state index contributed by atoms with van der Waals surface area (Å²) in [5.41, 5.74) is 1.13. The second kappa shape index (κ2) is 4.58. The molecule has 0 saturated carbocycles. The van der Waals surface area contributed by atoms with Gasteiger partial charge in [-0.15, -0.1) is 12.3 Å². The average Bonchev–Trinajstić information content (AvgIpc) is 2.06. The zero-order chi connectivity index (χ0) is 8.81. The van der Waals surface area contributed by atoms with Gasteiger partial charge in [0, 0.05) is 6.42 Å². The van der Waals surface area contributed by atoms with Crippen LogP contribution in [0.2, 0.25) is 0 Å². The molecule has 0 spiro atoms. The summed E-state index contributed by atoms with van der Waals surface area (Å²) in [6.45, 7) is 0. The van der Waals surface area contributed by atoms with Gasteiger partial charge in [0.2, 0.25) is 0 Å². The van der Waals surface area contributed by atoms with Gasteiger partial charge >= 0.3 is 0 Å². The molecule has 1 heteroatoms. The van der Waals surface area contributed by atoms with Crippen molar-refractivity contribution in [3.05, 3.63) is 35.9 Å². The summed E-state index contributed by atoms with van der Waals surface area (Å²) in [5, 5.41) is 9.36. The Hall–Kier alpha value is -1.26. The molecule has 1 aromatic rings. The molecule has 0 radical (unpaired) electrons. The largest absolute Gasteiger partial charge is 0.392 e. The maximum absolute atomic E-state index is 9.36. The van der Waals surface area contributed by atoms with Crippen LogP contribution in [0.15, 0.2) is 30.3 Å². The first-order valence-corrected chi connectivity index (χ1v) is 3.98. The number of benzene rings is 1. The Kier molecular flexibility index (Phi) is 3.37. The van der Waals surface area contributed by atoms with E-state index < -0.39 is 6.10 Å². The van der Waals surface area contributed by atoms with Crippen LogP contribution in [0.5, 0.6) is 0 Å². The van der Waals surface area contributed by atoms with Gasteiger partial charge in [0.15, 0.2) is 0 Å². The lowest BCUT2D eigenvalue weighted by molar-refractivity contribution is 0.181. The number of aliphatic hydroxyl groups is 1. The Morgan fingerprint density at radius 1 is 1.33 bits per heavy atom. The quantitative estimate of drug-likeness (QED) is 0.666. The number of terminal acetylenes is 1. The second-order valence-electron chi connectivity index (χ2n) is 2.75. The molecule has 1 unspecified atom stereocenters. The minimum Gasteiger partial charge on any atom is -0.392 e. The lowest BCUT2D eigenvalue weighted by Gasteiger charge is -2.05. The van der Waals surface area contributed by atoms with Gasteiger partial charge in [-0.1, -0.05) is 30.3 Å². The van der Waals surface area contributed by atoms with E-state index in [1.165, 1.54) is 0 Å². The molecule has 1 nitrogen and oxygen atoms in total. The standard InChI is InChI=1S/C11H12O/c1-2-6-11(12)9-10-7-4-3-5-8-10/h1,3-5,7-8,11-12H,6,9H2. The van der Waals surface area contributed by atoms with Crippen molar-refractivity contribution < 1.29 is 5.11 Å². The molecule has 1 N–H and O–H groups in total. The maximum Gasteiger partial charge on any atom is 0.0689 e. The molecule has 1 rings (SSSR count). The highest BCUT2D eigenvalue weighted by atomic mass is 16.3. The van der Waals surface area contributed by atoms with Gasteiger partial charge in [-0.2, -0.15) is 0 Å². The van der Waals surface area contributed by atoms with Crippen LogP contribution in [0.25, 0.3) is 0 Å². The molecular weight excluding hydrogens is 148 g/mol. The summed E-state index contributed by atoms with van der Waals surface area (Å²) >= 11 is 0. The van der Waals surface area contributed by atoms with Crippen molar-refractivity contribution in [3.63, 3.8) is 0 Å². The van der Waals surface area contributed by atoms with E-state index in [1.54, 1.807) is 0 Å². The normalized spacial score (nSPS) is 12.0. The van der Waals surface area contributed by atoms with E-state index in [0.29, 0.717) is 12.8 Å². The zero-order valence-electron chi connectivity index (χ0n) is 6.90. The van der Waals surface area contributed by atoms with E-state index in [0.717, 1.165) is 5.56 Å². The minimum atomic E-state index is -0.405. The monoisotopic (exact) mass is 160 g/mol. The highest BCUT2D eigenvalue weighted by Gasteiger charge is 2.01. The summed E-state index contributed by atoms with van der Waals surface area (Å²) in [7, 11) is 0. The van der Waals surface area contributed by atoms with Crippen molar-refractivity contribution in [2.75, 3.05) is 0 Å². The smallest absolute Gasteiger partial charge is 0.0689 e. The SMILES string of the molecule is C#CCC(O)Cc1ccccc1. The topological polar surface area (TPSA) is 20.2 Å². The maximum atomic E-state index is 9.36. The number of aliphatic hydroxyl groups excluding tert-OH is 1. The first kappa shape index (κ1) is 8.83. The van der Waals surface area contributed by atoms with E-state index in [2.05, 4.69) is 5.92 Å². The number of hydrogen-bond acceptors (Lipinski definition) is 1. The van der Waals surface area contributed by atoms with Crippen LogP contribution >= 0.6 is 0 Å². The number of rotatable bonds is 3. The molecule has 0 aliphatic heterocycles. The van der Waals surface area contributed by atoms with Crippen LogP contribution < -0.4 is 0 Å². The molecule has 0 heterocycles. The Balaban J connectivity index is 2.48. The van der Waals surface area contributed by atoms with Crippen LogP contribution in [0, 0.1) is 12.3 Å². The van der Waals surface area contributed by atoms with Crippen molar-refractivity contribution in [1.29, 1.82) is 0 Å². The molecule has 0 aliphatic rings. The molecule has 12 heavy (non-hydrogen) atoms. The van der Waals surface area contributed by atoms with Gasteiger partial charge in [0.25, 0.3) is 0 Å². The zero-order valence-corrected chi connectivity index (χ0v) is 6.90. The van der Waals surface area contributed by atoms with Crippen molar-refractivity contribution >= 4 is 0 Å². The molecule has 0 aromatic heterocycles. The summed E-state index contributed by atoms with van der Waals surface area (Å²) in [6.07, 6.45) is 5.74. The fourth-order valence-electron chi connectivity index (χ4n) is 1.09. The van der Waals surface area contributed by atoms with E-state index in [1.807, 2.05) is 30.3 Å². The molecule has 0 bridgehead atoms. The van der Waals surface area contributed by atoms with Crippen LogP contribution in [0.1, 0.15) is 12.0 Å². The molecule has 0 amide bonds. The van der Waals surface area contributed by atoms with Gasteiger partial charge < -0.3 is 5.11 Å². The minimum absolute atomic E-state index is 0.405. The third kappa shape index (κ3) is 2.77. The van der Waals surface area contributed by atoms with Crippen LogP contribution in [-0.4, -0.2) is 11.2 Å². The highest BCUT2D eigenvalue weighted by Crippen LogP contribution is 2.04. The van der Waals surface area contributed by atoms with Crippen molar-refractivity contribution in [2.24, 2.45) is 0 Å². The molecule has 62 valence electrons. The first-order valence-electron chi connectivity index (χ1n) is 3.98. The molecule has 0 saturated heterocycles. The lowest BCUT2D eigenvalue weighted by atomic mass is 10.1. The number of hydrogen-bond donors (Lipinski definition) is 1. The predicted molar refractivity (Wildman–Crippen MR) is 49.6 cm³/mol. The van der Waals surface area contributed by atoms with Crippen molar-refractivity contribution in [3.8, 4) is 12.3 Å². The fourth-order valence-corrected chi connectivity index (χ4v) is 1.09. The molecular formula is C11H12O. The van der Waals surface area contributed by atoms with E-state index >= 15 is 0 Å². The molecule has 0 fully saturated rings. The molecule has 1 atom stereocenters. The highest BCUT2D eigenvalue weighted by molar-refractivity contribution is 5.15. The Labute approximate surface area is 73.0 Å².